The minimum atomic E-state index is -0.888. The molecule has 0 aliphatic rings. The SMILES string of the molecule is COc1cc(NC(=O)COC(=O)c2ccc(F)cc2N)c(C)cc1[N+](=O)[O-]. The minimum Gasteiger partial charge on any atom is -0.490 e. The van der Waals surface area contributed by atoms with E-state index >= 15 is 0 Å². The molecule has 27 heavy (non-hydrogen) atoms. The zero-order chi connectivity index (χ0) is 20.1. The highest BCUT2D eigenvalue weighted by molar-refractivity contribution is 5.98. The normalized spacial score (nSPS) is 10.2. The number of nitrogen functional groups attached to an aromatic ring is 1. The number of nitro benzene ring substituents is 1. The van der Waals surface area contributed by atoms with E-state index in [1.807, 2.05) is 0 Å². The number of hydrogen-bond acceptors (Lipinski definition) is 7. The molecular weight excluding hydrogens is 361 g/mol. The molecular formula is C17H16FN3O6. The molecule has 0 fully saturated rings. The van der Waals surface area contributed by atoms with E-state index in [1.165, 1.54) is 19.2 Å². The van der Waals surface area contributed by atoms with Crippen LogP contribution in [0.3, 0.4) is 0 Å². The molecule has 0 heterocycles. The molecule has 0 saturated heterocycles. The minimum absolute atomic E-state index is 0.0306. The van der Waals surface area contributed by atoms with Gasteiger partial charge in [-0.3, -0.25) is 14.9 Å². The lowest BCUT2D eigenvalue weighted by molar-refractivity contribution is -0.385. The molecule has 0 saturated carbocycles. The number of nitrogens with two attached hydrogens (primary N) is 1. The van der Waals surface area contributed by atoms with E-state index in [2.05, 4.69) is 5.32 Å². The molecule has 0 aliphatic carbocycles. The molecule has 0 bridgehead atoms. The molecule has 142 valence electrons. The van der Waals surface area contributed by atoms with Gasteiger partial charge in [0.25, 0.3) is 5.91 Å². The summed E-state index contributed by atoms with van der Waals surface area (Å²) in [7, 11) is 1.26. The van der Waals surface area contributed by atoms with Gasteiger partial charge in [0.1, 0.15) is 5.82 Å². The van der Waals surface area contributed by atoms with Crippen LogP contribution in [0.2, 0.25) is 0 Å². The largest absolute Gasteiger partial charge is 0.490 e. The predicted octanol–water partition coefficient (Wildman–Crippen LogP) is 2.43. The first-order valence-electron chi connectivity index (χ1n) is 7.58. The van der Waals surface area contributed by atoms with Crippen molar-refractivity contribution in [2.45, 2.75) is 6.92 Å². The highest BCUT2D eigenvalue weighted by Gasteiger charge is 2.19. The summed E-state index contributed by atoms with van der Waals surface area (Å²) >= 11 is 0. The van der Waals surface area contributed by atoms with Crippen LogP contribution in [-0.4, -0.2) is 30.5 Å². The zero-order valence-corrected chi connectivity index (χ0v) is 14.4. The second kappa shape index (κ2) is 8.13. The molecule has 2 aromatic rings. The molecule has 2 rings (SSSR count). The highest BCUT2D eigenvalue weighted by Crippen LogP contribution is 2.32. The standard InChI is InChI=1S/C17H16FN3O6/c1-9-5-14(21(24)25)15(26-2)7-13(9)20-16(22)8-27-17(23)11-4-3-10(18)6-12(11)19/h3-7H,8,19H2,1-2H3,(H,20,22). The van der Waals surface area contributed by atoms with Crippen molar-refractivity contribution in [2.24, 2.45) is 0 Å². The van der Waals surface area contributed by atoms with E-state index in [0.717, 1.165) is 18.2 Å². The Morgan fingerprint density at radius 3 is 2.59 bits per heavy atom. The van der Waals surface area contributed by atoms with Gasteiger partial charge >= 0.3 is 11.7 Å². The number of amides is 1. The Kier molecular flexibility index (Phi) is 5.91. The van der Waals surface area contributed by atoms with Gasteiger partial charge in [-0.2, -0.15) is 0 Å². The quantitative estimate of drug-likeness (QED) is 0.342. The number of methoxy groups -OCH3 is 1. The van der Waals surface area contributed by atoms with Gasteiger partial charge in [0.05, 0.1) is 17.6 Å². The smallest absolute Gasteiger partial charge is 0.340 e. The van der Waals surface area contributed by atoms with Crippen LogP contribution in [0.15, 0.2) is 30.3 Å². The van der Waals surface area contributed by atoms with Crippen molar-refractivity contribution in [2.75, 3.05) is 24.8 Å². The van der Waals surface area contributed by atoms with Crippen LogP contribution in [0.4, 0.5) is 21.5 Å². The van der Waals surface area contributed by atoms with Gasteiger partial charge in [-0.1, -0.05) is 0 Å². The molecule has 0 aromatic heterocycles. The molecule has 0 unspecified atom stereocenters. The summed E-state index contributed by atoms with van der Waals surface area (Å²) in [6.07, 6.45) is 0. The Morgan fingerprint density at radius 1 is 1.30 bits per heavy atom. The third kappa shape index (κ3) is 4.69. The summed E-state index contributed by atoms with van der Waals surface area (Å²) in [5.74, 6) is -2.20. The second-order valence-corrected chi connectivity index (χ2v) is 5.45. The number of rotatable bonds is 6. The van der Waals surface area contributed by atoms with Crippen molar-refractivity contribution in [3.05, 3.63) is 57.4 Å². The number of hydrogen-bond donors (Lipinski definition) is 2. The third-order valence-electron chi connectivity index (χ3n) is 3.56. The van der Waals surface area contributed by atoms with Crippen molar-refractivity contribution in [1.29, 1.82) is 0 Å². The van der Waals surface area contributed by atoms with Gasteiger partial charge in [-0.05, 0) is 30.7 Å². The van der Waals surface area contributed by atoms with Gasteiger partial charge in [0.2, 0.25) is 0 Å². The lowest BCUT2D eigenvalue weighted by Crippen LogP contribution is -2.22. The average molecular weight is 377 g/mol. The van der Waals surface area contributed by atoms with Crippen molar-refractivity contribution >= 4 is 28.9 Å². The van der Waals surface area contributed by atoms with Crippen LogP contribution in [0.5, 0.6) is 5.75 Å². The third-order valence-corrected chi connectivity index (χ3v) is 3.56. The summed E-state index contributed by atoms with van der Waals surface area (Å²) in [5.41, 5.74) is 5.79. The van der Waals surface area contributed by atoms with E-state index in [4.69, 9.17) is 15.2 Å². The fraction of sp³-hybridized carbons (Fsp3) is 0.176. The molecule has 0 radical (unpaired) electrons. The maximum Gasteiger partial charge on any atom is 0.340 e. The maximum absolute atomic E-state index is 13.0. The van der Waals surface area contributed by atoms with Crippen LogP contribution in [0.25, 0.3) is 0 Å². The van der Waals surface area contributed by atoms with E-state index in [-0.39, 0.29) is 28.4 Å². The molecule has 0 atom stereocenters. The second-order valence-electron chi connectivity index (χ2n) is 5.45. The van der Waals surface area contributed by atoms with Crippen molar-refractivity contribution in [1.82, 2.24) is 0 Å². The number of carbonyl (C=O) groups is 2. The van der Waals surface area contributed by atoms with Gasteiger partial charge < -0.3 is 20.5 Å². The first-order valence-corrected chi connectivity index (χ1v) is 7.58. The van der Waals surface area contributed by atoms with Gasteiger partial charge in [-0.25, -0.2) is 9.18 Å². The number of halogens is 1. The van der Waals surface area contributed by atoms with Crippen molar-refractivity contribution in [3.8, 4) is 5.75 Å². The Hall–Kier alpha value is -3.69. The maximum atomic E-state index is 13.0. The monoisotopic (exact) mass is 377 g/mol. The summed E-state index contributed by atoms with van der Waals surface area (Å²) in [4.78, 5) is 34.3. The highest BCUT2D eigenvalue weighted by atomic mass is 19.1. The lowest BCUT2D eigenvalue weighted by atomic mass is 10.1. The lowest BCUT2D eigenvalue weighted by Gasteiger charge is -2.11. The first-order chi connectivity index (χ1) is 12.7. The molecule has 10 heteroatoms. The van der Waals surface area contributed by atoms with Gasteiger partial charge in [-0.15, -0.1) is 0 Å². The summed E-state index contributed by atoms with van der Waals surface area (Å²) < 4.78 is 22.8. The van der Waals surface area contributed by atoms with Gasteiger partial charge in [0, 0.05) is 23.5 Å². The number of aryl methyl sites for hydroxylation is 1. The average Bonchev–Trinajstić information content (AvgIpc) is 2.60. The van der Waals surface area contributed by atoms with E-state index in [9.17, 15) is 24.1 Å². The summed E-state index contributed by atoms with van der Waals surface area (Å²) in [6, 6.07) is 5.70. The fourth-order valence-corrected chi connectivity index (χ4v) is 2.23. The summed E-state index contributed by atoms with van der Waals surface area (Å²) in [5, 5.41) is 13.4. The van der Waals surface area contributed by atoms with Crippen LogP contribution in [0, 0.1) is 22.9 Å². The molecule has 0 aliphatic heterocycles. The summed E-state index contributed by atoms with van der Waals surface area (Å²) in [6.45, 7) is 0.932. The van der Waals surface area contributed by atoms with E-state index in [0.29, 0.717) is 5.56 Å². The Morgan fingerprint density at radius 2 is 2.00 bits per heavy atom. The number of nitro groups is 1. The Bertz CT molecular complexity index is 916. The zero-order valence-electron chi connectivity index (χ0n) is 14.4. The number of nitrogens with zero attached hydrogens (tertiary/aromatic N) is 1. The molecule has 0 spiro atoms. The number of carbonyl (C=O) groups excluding carboxylic acids is 2. The van der Waals surface area contributed by atoms with Crippen LogP contribution in [-0.2, 0) is 9.53 Å². The Balaban J connectivity index is 2.05. The van der Waals surface area contributed by atoms with E-state index in [1.54, 1.807) is 6.92 Å². The van der Waals surface area contributed by atoms with Gasteiger partial charge in [0.15, 0.2) is 12.4 Å². The van der Waals surface area contributed by atoms with Crippen LogP contribution >= 0.6 is 0 Å². The molecule has 2 aromatic carbocycles. The number of anilines is 2. The number of nitrogens with one attached hydrogen (secondary N) is 1. The van der Waals surface area contributed by atoms with Crippen LogP contribution < -0.4 is 15.8 Å². The Labute approximate surface area is 153 Å². The number of benzene rings is 2. The van der Waals surface area contributed by atoms with E-state index < -0.39 is 29.2 Å². The van der Waals surface area contributed by atoms with Crippen LogP contribution in [0.1, 0.15) is 15.9 Å². The topological polar surface area (TPSA) is 134 Å². The number of esters is 1. The fourth-order valence-electron chi connectivity index (χ4n) is 2.23. The van der Waals surface area contributed by atoms with Crippen molar-refractivity contribution < 1.29 is 28.4 Å². The van der Waals surface area contributed by atoms with Crippen molar-refractivity contribution in [3.63, 3.8) is 0 Å². The first kappa shape index (κ1) is 19.6. The molecule has 1 amide bonds. The molecule has 3 N–H and O–H groups in total. The number of ether oxygens (including phenoxy) is 2. The predicted molar refractivity (Wildman–Crippen MR) is 94.1 cm³/mol. The molecule has 9 nitrogen and oxygen atoms in total.